The van der Waals surface area contributed by atoms with Gasteiger partial charge in [0.1, 0.15) is 11.6 Å². The lowest BCUT2D eigenvalue weighted by atomic mass is 10.1. The Bertz CT molecular complexity index is 816. The number of benzene rings is 1. The number of ether oxygens (including phenoxy) is 3. The van der Waals surface area contributed by atoms with E-state index in [0.717, 1.165) is 22.6 Å². The van der Waals surface area contributed by atoms with Crippen LogP contribution in [0.3, 0.4) is 0 Å². The normalized spacial score (nSPS) is 19.5. The number of aromatic nitrogens is 2. The topological polar surface area (TPSA) is 73.8 Å². The number of amides is 1. The fraction of sp³-hybridized carbons (Fsp3) is 0.421. The van der Waals surface area contributed by atoms with Crippen molar-refractivity contribution in [2.75, 3.05) is 38.4 Å². The Labute approximate surface area is 151 Å². The minimum absolute atomic E-state index is 0.0263. The summed E-state index contributed by atoms with van der Waals surface area (Å²) in [5.41, 5.74) is 2.61. The van der Waals surface area contributed by atoms with Crippen LogP contribution in [0, 0.1) is 6.92 Å². The number of carbonyl (C=O) groups excluding carboxylic acids is 1. The van der Waals surface area contributed by atoms with E-state index < -0.39 is 0 Å². The van der Waals surface area contributed by atoms with Gasteiger partial charge < -0.3 is 14.2 Å². The number of hydrogen-bond acceptors (Lipinski definition) is 6. The number of rotatable bonds is 4. The van der Waals surface area contributed by atoms with Gasteiger partial charge in [-0.2, -0.15) is 0 Å². The maximum Gasteiger partial charge on any atom is 0.232 e. The van der Waals surface area contributed by atoms with Crippen LogP contribution in [-0.2, 0) is 20.7 Å². The Kier molecular flexibility index (Phi) is 4.57. The van der Waals surface area contributed by atoms with Crippen LogP contribution in [-0.4, -0.2) is 55.5 Å². The summed E-state index contributed by atoms with van der Waals surface area (Å²) in [6.07, 6.45) is 0.204. The van der Waals surface area contributed by atoms with Gasteiger partial charge in [0, 0.05) is 16.8 Å². The van der Waals surface area contributed by atoms with E-state index in [9.17, 15) is 4.79 Å². The van der Waals surface area contributed by atoms with Crippen LogP contribution < -0.4 is 9.64 Å². The third-order valence-electron chi connectivity index (χ3n) is 4.70. The summed E-state index contributed by atoms with van der Waals surface area (Å²) in [6, 6.07) is 7.58. The summed E-state index contributed by atoms with van der Waals surface area (Å²) in [5, 5.41) is 0. The standard InChI is InChI=1S/C19H21N3O4/c1-12-16-9-17(23)22(10-15-11-25-7-8-26-15)19(16)21-18(20-12)13-3-5-14(24-2)6-4-13/h3-6,15H,7-11H2,1-2H3. The molecule has 3 heterocycles. The van der Waals surface area contributed by atoms with Crippen molar-refractivity contribution in [1.82, 2.24) is 9.97 Å². The van der Waals surface area contributed by atoms with Crippen molar-refractivity contribution >= 4 is 11.7 Å². The first-order valence-corrected chi connectivity index (χ1v) is 8.67. The van der Waals surface area contributed by atoms with Crippen LogP contribution in [0.15, 0.2) is 24.3 Å². The first-order valence-electron chi connectivity index (χ1n) is 8.67. The number of nitrogens with zero attached hydrogens (tertiary/aromatic N) is 3. The fourth-order valence-electron chi connectivity index (χ4n) is 3.28. The van der Waals surface area contributed by atoms with Crippen LogP contribution in [0.5, 0.6) is 5.75 Å². The second kappa shape index (κ2) is 7.01. The number of methoxy groups -OCH3 is 1. The molecule has 1 atom stereocenters. The molecule has 4 rings (SSSR count). The Morgan fingerprint density at radius 2 is 2.04 bits per heavy atom. The predicted octanol–water partition coefficient (Wildman–Crippen LogP) is 1.77. The van der Waals surface area contributed by atoms with Gasteiger partial charge in [0.15, 0.2) is 5.82 Å². The molecule has 0 N–H and O–H groups in total. The van der Waals surface area contributed by atoms with Gasteiger partial charge in [-0.1, -0.05) is 0 Å². The Morgan fingerprint density at radius 3 is 2.73 bits per heavy atom. The number of carbonyl (C=O) groups is 1. The molecule has 1 aromatic heterocycles. The van der Waals surface area contributed by atoms with Gasteiger partial charge in [-0.15, -0.1) is 0 Å². The van der Waals surface area contributed by atoms with Gasteiger partial charge in [0.05, 0.1) is 46.0 Å². The molecule has 2 aliphatic rings. The van der Waals surface area contributed by atoms with E-state index in [1.165, 1.54) is 0 Å². The molecule has 2 aromatic rings. The van der Waals surface area contributed by atoms with E-state index in [4.69, 9.17) is 19.2 Å². The highest BCUT2D eigenvalue weighted by Gasteiger charge is 2.33. The molecule has 1 saturated heterocycles. The third kappa shape index (κ3) is 3.15. The van der Waals surface area contributed by atoms with Crippen molar-refractivity contribution in [3.8, 4) is 17.1 Å². The largest absolute Gasteiger partial charge is 0.497 e. The minimum Gasteiger partial charge on any atom is -0.497 e. The number of anilines is 1. The summed E-state index contributed by atoms with van der Waals surface area (Å²) < 4.78 is 16.3. The van der Waals surface area contributed by atoms with Crippen molar-refractivity contribution in [2.45, 2.75) is 19.4 Å². The molecule has 1 amide bonds. The Balaban J connectivity index is 1.66. The molecular weight excluding hydrogens is 334 g/mol. The molecule has 0 spiro atoms. The summed E-state index contributed by atoms with van der Waals surface area (Å²) in [7, 11) is 1.63. The molecule has 0 bridgehead atoms. The van der Waals surface area contributed by atoms with Crippen molar-refractivity contribution in [3.63, 3.8) is 0 Å². The molecule has 7 nitrogen and oxygen atoms in total. The average molecular weight is 355 g/mol. The summed E-state index contributed by atoms with van der Waals surface area (Å²) in [6.45, 7) is 4.02. The van der Waals surface area contributed by atoms with E-state index in [-0.39, 0.29) is 12.0 Å². The molecule has 0 radical (unpaired) electrons. The Morgan fingerprint density at radius 1 is 1.23 bits per heavy atom. The second-order valence-electron chi connectivity index (χ2n) is 6.41. The zero-order valence-electron chi connectivity index (χ0n) is 14.9. The van der Waals surface area contributed by atoms with Crippen molar-refractivity contribution in [1.29, 1.82) is 0 Å². The molecule has 1 aromatic carbocycles. The molecule has 1 fully saturated rings. The van der Waals surface area contributed by atoms with Gasteiger partial charge in [-0.05, 0) is 31.2 Å². The third-order valence-corrected chi connectivity index (χ3v) is 4.70. The van der Waals surface area contributed by atoms with E-state index in [2.05, 4.69) is 4.98 Å². The monoisotopic (exact) mass is 355 g/mol. The first-order chi connectivity index (χ1) is 12.7. The molecular formula is C19H21N3O4. The highest BCUT2D eigenvalue weighted by atomic mass is 16.6. The summed E-state index contributed by atoms with van der Waals surface area (Å²) in [5.74, 6) is 2.09. The van der Waals surface area contributed by atoms with Crippen LogP contribution in [0.25, 0.3) is 11.4 Å². The number of fused-ring (bicyclic) bond motifs is 1. The second-order valence-corrected chi connectivity index (χ2v) is 6.41. The van der Waals surface area contributed by atoms with Crippen molar-refractivity contribution in [3.05, 3.63) is 35.5 Å². The molecule has 1 unspecified atom stereocenters. The fourth-order valence-corrected chi connectivity index (χ4v) is 3.28. The van der Waals surface area contributed by atoms with E-state index >= 15 is 0 Å². The first kappa shape index (κ1) is 16.9. The Hall–Kier alpha value is -2.51. The molecule has 2 aliphatic heterocycles. The van der Waals surface area contributed by atoms with Gasteiger partial charge in [0.2, 0.25) is 5.91 Å². The lowest BCUT2D eigenvalue weighted by Crippen LogP contribution is -2.41. The summed E-state index contributed by atoms with van der Waals surface area (Å²) >= 11 is 0. The molecule has 0 saturated carbocycles. The smallest absolute Gasteiger partial charge is 0.232 e. The van der Waals surface area contributed by atoms with E-state index in [1.54, 1.807) is 12.0 Å². The lowest BCUT2D eigenvalue weighted by Gasteiger charge is -2.27. The van der Waals surface area contributed by atoms with Gasteiger partial charge in [-0.3, -0.25) is 9.69 Å². The van der Waals surface area contributed by atoms with Crippen LogP contribution in [0.4, 0.5) is 5.82 Å². The number of aryl methyl sites for hydroxylation is 1. The number of hydrogen-bond donors (Lipinski definition) is 0. The maximum atomic E-state index is 12.5. The van der Waals surface area contributed by atoms with Gasteiger partial charge in [0.25, 0.3) is 0 Å². The zero-order chi connectivity index (χ0) is 18.1. The molecule has 7 heteroatoms. The maximum absolute atomic E-state index is 12.5. The highest BCUT2D eigenvalue weighted by molar-refractivity contribution is 6.00. The highest BCUT2D eigenvalue weighted by Crippen LogP contribution is 2.32. The predicted molar refractivity (Wildman–Crippen MR) is 95.4 cm³/mol. The van der Waals surface area contributed by atoms with Crippen molar-refractivity contribution in [2.24, 2.45) is 0 Å². The van der Waals surface area contributed by atoms with Crippen molar-refractivity contribution < 1.29 is 19.0 Å². The van der Waals surface area contributed by atoms with Crippen LogP contribution in [0.2, 0.25) is 0 Å². The minimum atomic E-state index is -0.127. The zero-order valence-corrected chi connectivity index (χ0v) is 14.9. The summed E-state index contributed by atoms with van der Waals surface area (Å²) in [4.78, 5) is 23.5. The molecule has 0 aliphatic carbocycles. The lowest BCUT2D eigenvalue weighted by molar-refractivity contribution is -0.119. The SMILES string of the molecule is COc1ccc(-c2nc(C)c3c(n2)N(CC2COCCO2)C(=O)C3)cc1. The quantitative estimate of drug-likeness (QED) is 0.832. The van der Waals surface area contributed by atoms with E-state index in [0.29, 0.717) is 44.4 Å². The van der Waals surface area contributed by atoms with E-state index in [1.807, 2.05) is 31.2 Å². The van der Waals surface area contributed by atoms with Gasteiger partial charge >= 0.3 is 0 Å². The molecule has 136 valence electrons. The average Bonchev–Trinajstić information content (AvgIpc) is 2.99. The molecule has 26 heavy (non-hydrogen) atoms. The van der Waals surface area contributed by atoms with Crippen LogP contribution in [0.1, 0.15) is 11.3 Å². The van der Waals surface area contributed by atoms with Gasteiger partial charge in [-0.25, -0.2) is 9.97 Å². The van der Waals surface area contributed by atoms with Crippen LogP contribution >= 0.6 is 0 Å².